The summed E-state index contributed by atoms with van der Waals surface area (Å²) in [6.07, 6.45) is 5.60. The van der Waals surface area contributed by atoms with Crippen molar-refractivity contribution in [1.29, 1.82) is 0 Å². The molecule has 3 aromatic heterocycles. The van der Waals surface area contributed by atoms with E-state index in [4.69, 9.17) is 0 Å². The molecule has 0 saturated heterocycles. The van der Waals surface area contributed by atoms with Crippen LogP contribution in [0.3, 0.4) is 0 Å². The van der Waals surface area contributed by atoms with Gasteiger partial charge in [0.2, 0.25) is 0 Å². The van der Waals surface area contributed by atoms with E-state index in [1.165, 1.54) is 5.56 Å². The van der Waals surface area contributed by atoms with Gasteiger partial charge >= 0.3 is 0 Å². The third-order valence-electron chi connectivity index (χ3n) is 3.69. The van der Waals surface area contributed by atoms with E-state index >= 15 is 0 Å². The van der Waals surface area contributed by atoms with E-state index in [1.54, 1.807) is 6.33 Å². The predicted octanol–water partition coefficient (Wildman–Crippen LogP) is 3.96. The SMILES string of the molecule is Cc1ccc2ncnc(NCc3cn4cc(Br)ccc4n3)c2c1. The zero-order valence-corrected chi connectivity index (χ0v) is 14.1. The Kier molecular flexibility index (Phi) is 3.46. The Morgan fingerprint density at radius 1 is 1.13 bits per heavy atom. The lowest BCUT2D eigenvalue weighted by Gasteiger charge is -2.07. The average molecular weight is 368 g/mol. The lowest BCUT2D eigenvalue weighted by atomic mass is 10.1. The number of pyridine rings is 1. The summed E-state index contributed by atoms with van der Waals surface area (Å²) in [6.45, 7) is 2.68. The lowest BCUT2D eigenvalue weighted by molar-refractivity contribution is 1.05. The van der Waals surface area contributed by atoms with Crippen molar-refractivity contribution < 1.29 is 0 Å². The van der Waals surface area contributed by atoms with Crippen molar-refractivity contribution in [2.75, 3.05) is 5.32 Å². The number of aryl methyl sites for hydroxylation is 1. The number of hydrogen-bond donors (Lipinski definition) is 1. The number of fused-ring (bicyclic) bond motifs is 2. The summed E-state index contributed by atoms with van der Waals surface area (Å²) in [5.41, 5.74) is 4.01. The molecule has 0 fully saturated rings. The molecule has 0 radical (unpaired) electrons. The lowest BCUT2D eigenvalue weighted by Crippen LogP contribution is -2.03. The van der Waals surface area contributed by atoms with Crippen molar-refractivity contribution in [1.82, 2.24) is 19.4 Å². The van der Waals surface area contributed by atoms with Crippen molar-refractivity contribution in [2.24, 2.45) is 0 Å². The molecule has 4 rings (SSSR count). The highest BCUT2D eigenvalue weighted by Gasteiger charge is 2.06. The molecule has 23 heavy (non-hydrogen) atoms. The first-order chi connectivity index (χ1) is 11.2. The van der Waals surface area contributed by atoms with Gasteiger partial charge < -0.3 is 9.72 Å². The number of aromatic nitrogens is 4. The van der Waals surface area contributed by atoms with Crippen molar-refractivity contribution in [3.8, 4) is 0 Å². The highest BCUT2D eigenvalue weighted by Crippen LogP contribution is 2.21. The summed E-state index contributed by atoms with van der Waals surface area (Å²) in [6, 6.07) is 10.1. The molecule has 0 bridgehead atoms. The number of anilines is 1. The van der Waals surface area contributed by atoms with Gasteiger partial charge in [-0.1, -0.05) is 11.6 Å². The summed E-state index contributed by atoms with van der Waals surface area (Å²) in [5, 5.41) is 4.39. The molecule has 0 aliphatic carbocycles. The molecule has 5 nitrogen and oxygen atoms in total. The fraction of sp³-hybridized carbons (Fsp3) is 0.118. The zero-order chi connectivity index (χ0) is 15.8. The van der Waals surface area contributed by atoms with Gasteiger partial charge in [0.15, 0.2) is 0 Å². The van der Waals surface area contributed by atoms with Gasteiger partial charge in [-0.2, -0.15) is 0 Å². The first-order valence-corrected chi connectivity index (χ1v) is 8.07. The van der Waals surface area contributed by atoms with Gasteiger partial charge in [-0.15, -0.1) is 0 Å². The van der Waals surface area contributed by atoms with Gasteiger partial charge in [0.1, 0.15) is 17.8 Å². The summed E-state index contributed by atoms with van der Waals surface area (Å²) in [4.78, 5) is 13.3. The Bertz CT molecular complexity index is 1010. The van der Waals surface area contributed by atoms with Gasteiger partial charge in [-0.25, -0.2) is 15.0 Å². The van der Waals surface area contributed by atoms with Crippen LogP contribution in [0.2, 0.25) is 0 Å². The quantitative estimate of drug-likeness (QED) is 0.595. The Morgan fingerprint density at radius 3 is 2.96 bits per heavy atom. The Labute approximate surface area is 141 Å². The van der Waals surface area contributed by atoms with Crippen LogP contribution in [0, 0.1) is 6.92 Å². The van der Waals surface area contributed by atoms with Crippen LogP contribution < -0.4 is 5.32 Å². The van der Waals surface area contributed by atoms with Crippen LogP contribution in [-0.4, -0.2) is 19.4 Å². The first-order valence-electron chi connectivity index (χ1n) is 7.27. The van der Waals surface area contributed by atoms with E-state index in [1.807, 2.05) is 35.0 Å². The summed E-state index contributed by atoms with van der Waals surface area (Å²) >= 11 is 3.47. The molecule has 0 aliphatic rings. The molecule has 0 unspecified atom stereocenters. The van der Waals surface area contributed by atoms with E-state index in [0.29, 0.717) is 6.54 Å². The van der Waals surface area contributed by atoms with E-state index in [0.717, 1.165) is 32.5 Å². The maximum Gasteiger partial charge on any atom is 0.137 e. The fourth-order valence-electron chi connectivity index (χ4n) is 2.59. The molecule has 6 heteroatoms. The van der Waals surface area contributed by atoms with Crippen molar-refractivity contribution in [3.05, 3.63) is 64.8 Å². The van der Waals surface area contributed by atoms with Crippen molar-refractivity contribution in [2.45, 2.75) is 13.5 Å². The minimum absolute atomic E-state index is 0.610. The van der Waals surface area contributed by atoms with Crippen LogP contribution in [-0.2, 0) is 6.54 Å². The van der Waals surface area contributed by atoms with Crippen LogP contribution >= 0.6 is 15.9 Å². The minimum Gasteiger partial charge on any atom is -0.364 e. The summed E-state index contributed by atoms with van der Waals surface area (Å²) < 4.78 is 3.03. The van der Waals surface area contributed by atoms with Gasteiger partial charge in [-0.05, 0) is 47.1 Å². The minimum atomic E-state index is 0.610. The van der Waals surface area contributed by atoms with Gasteiger partial charge in [0.05, 0.1) is 17.8 Å². The highest BCUT2D eigenvalue weighted by molar-refractivity contribution is 9.10. The largest absolute Gasteiger partial charge is 0.364 e. The number of imidazole rings is 1. The molecular weight excluding hydrogens is 354 g/mol. The monoisotopic (exact) mass is 367 g/mol. The molecule has 3 heterocycles. The highest BCUT2D eigenvalue weighted by atomic mass is 79.9. The fourth-order valence-corrected chi connectivity index (χ4v) is 2.94. The van der Waals surface area contributed by atoms with E-state index in [9.17, 15) is 0 Å². The predicted molar refractivity (Wildman–Crippen MR) is 94.5 cm³/mol. The van der Waals surface area contributed by atoms with Crippen LogP contribution in [0.5, 0.6) is 0 Å². The summed E-state index contributed by atoms with van der Waals surface area (Å²) in [7, 11) is 0. The number of nitrogens with zero attached hydrogens (tertiary/aromatic N) is 4. The number of nitrogens with one attached hydrogen (secondary N) is 1. The average Bonchev–Trinajstić information content (AvgIpc) is 2.94. The third-order valence-corrected chi connectivity index (χ3v) is 4.16. The maximum absolute atomic E-state index is 4.60. The molecule has 4 aromatic rings. The van der Waals surface area contributed by atoms with Crippen LogP contribution in [0.15, 0.2) is 53.5 Å². The van der Waals surface area contributed by atoms with Crippen molar-refractivity contribution >= 4 is 38.3 Å². The second-order valence-electron chi connectivity index (χ2n) is 5.44. The Balaban J connectivity index is 1.64. The molecule has 0 spiro atoms. The van der Waals surface area contributed by atoms with Gasteiger partial charge in [-0.3, -0.25) is 0 Å². The number of rotatable bonds is 3. The number of benzene rings is 1. The van der Waals surface area contributed by atoms with Gasteiger partial charge in [0.25, 0.3) is 0 Å². The number of halogens is 1. The Hall–Kier alpha value is -2.47. The second kappa shape index (κ2) is 5.62. The zero-order valence-electron chi connectivity index (χ0n) is 12.5. The second-order valence-corrected chi connectivity index (χ2v) is 6.36. The van der Waals surface area contributed by atoms with E-state index in [2.05, 4.69) is 55.3 Å². The molecule has 0 atom stereocenters. The topological polar surface area (TPSA) is 55.1 Å². The normalized spacial score (nSPS) is 11.2. The van der Waals surface area contributed by atoms with E-state index < -0.39 is 0 Å². The maximum atomic E-state index is 4.60. The van der Waals surface area contributed by atoms with Gasteiger partial charge in [0, 0.05) is 22.3 Å². The van der Waals surface area contributed by atoms with Crippen LogP contribution in [0.25, 0.3) is 16.6 Å². The van der Waals surface area contributed by atoms with Crippen LogP contribution in [0.1, 0.15) is 11.3 Å². The van der Waals surface area contributed by atoms with Crippen LogP contribution in [0.4, 0.5) is 5.82 Å². The molecule has 1 aromatic carbocycles. The van der Waals surface area contributed by atoms with E-state index in [-0.39, 0.29) is 0 Å². The smallest absolute Gasteiger partial charge is 0.137 e. The number of hydrogen-bond acceptors (Lipinski definition) is 4. The third kappa shape index (κ3) is 2.77. The molecular formula is C17H14BrN5. The summed E-state index contributed by atoms with van der Waals surface area (Å²) in [5.74, 6) is 0.830. The molecule has 114 valence electrons. The molecule has 0 aliphatic heterocycles. The first kappa shape index (κ1) is 14.1. The standard InChI is InChI=1S/C17H14BrN5/c1-11-2-4-15-14(6-11)17(21-10-20-15)19-7-13-9-23-8-12(18)3-5-16(23)22-13/h2-6,8-10H,7H2,1H3,(H,19,20,21). The molecule has 0 saturated carbocycles. The molecule has 0 amide bonds. The Morgan fingerprint density at radius 2 is 2.04 bits per heavy atom. The molecule has 1 N–H and O–H groups in total. The van der Waals surface area contributed by atoms with Crippen molar-refractivity contribution in [3.63, 3.8) is 0 Å².